The Morgan fingerprint density at radius 2 is 2.12 bits per heavy atom. The summed E-state index contributed by atoms with van der Waals surface area (Å²) in [6, 6.07) is 0. The molecule has 1 aliphatic heterocycles. The number of fused-ring (bicyclic) bond motifs is 1. The Bertz CT molecular complexity index is 399. The van der Waals surface area contributed by atoms with Gasteiger partial charge in [0.25, 0.3) is 0 Å². The number of nitrogen functional groups attached to an aromatic ring is 1. The number of nitrogens with zero attached hydrogens (tertiary/aromatic N) is 2. The zero-order chi connectivity index (χ0) is 11.0. The molecule has 0 bridgehead atoms. The van der Waals surface area contributed by atoms with E-state index in [0.717, 1.165) is 44.7 Å². The van der Waals surface area contributed by atoms with Crippen LogP contribution in [-0.4, -0.2) is 23.2 Å². The minimum Gasteiger partial charge on any atom is -0.383 e. The average molecular weight is 219 g/mol. The third-order valence-corrected chi connectivity index (χ3v) is 3.51. The van der Waals surface area contributed by atoms with Crippen LogP contribution in [0, 0.1) is 0 Å². The van der Waals surface area contributed by atoms with Gasteiger partial charge in [-0.1, -0.05) is 0 Å². The molecule has 2 aliphatic rings. The summed E-state index contributed by atoms with van der Waals surface area (Å²) in [4.78, 5) is 9.12. The fourth-order valence-corrected chi connectivity index (χ4v) is 2.61. The number of anilines is 1. The lowest BCUT2D eigenvalue weighted by molar-refractivity contribution is 0.0780. The maximum absolute atomic E-state index is 5.99. The monoisotopic (exact) mass is 219 g/mol. The Hall–Kier alpha value is -1.16. The molecule has 1 saturated heterocycles. The number of aromatic nitrogens is 2. The lowest BCUT2D eigenvalue weighted by Crippen LogP contribution is -2.19. The highest BCUT2D eigenvalue weighted by Gasteiger charge is 2.23. The first-order chi connectivity index (χ1) is 7.84. The second-order valence-corrected chi connectivity index (χ2v) is 4.66. The maximum atomic E-state index is 5.99. The van der Waals surface area contributed by atoms with Crippen LogP contribution in [0.2, 0.25) is 0 Å². The molecule has 0 radical (unpaired) electrons. The van der Waals surface area contributed by atoms with Crippen LogP contribution in [0.15, 0.2) is 0 Å². The molecule has 0 saturated carbocycles. The van der Waals surface area contributed by atoms with E-state index in [1.165, 1.54) is 17.7 Å². The number of ether oxygens (including phenoxy) is 1. The second kappa shape index (κ2) is 4.01. The van der Waals surface area contributed by atoms with Gasteiger partial charge < -0.3 is 10.5 Å². The van der Waals surface area contributed by atoms with Gasteiger partial charge in [-0.2, -0.15) is 0 Å². The van der Waals surface area contributed by atoms with Gasteiger partial charge in [-0.05, 0) is 32.1 Å². The summed E-state index contributed by atoms with van der Waals surface area (Å²) in [5, 5.41) is 0. The highest BCUT2D eigenvalue weighted by atomic mass is 16.5. The standard InChI is InChI=1S/C12H17N3O/c13-11-9-4-1-5-10(9)14-12(15-11)8-3-2-6-16-7-8/h8H,1-7H2,(H2,13,14,15). The minimum absolute atomic E-state index is 0.349. The van der Waals surface area contributed by atoms with Gasteiger partial charge in [0.1, 0.15) is 11.6 Å². The summed E-state index contributed by atoms with van der Waals surface area (Å²) in [5.41, 5.74) is 8.34. The molecule has 1 fully saturated rings. The second-order valence-electron chi connectivity index (χ2n) is 4.66. The molecule has 1 aromatic heterocycles. The average Bonchev–Trinajstić information content (AvgIpc) is 2.79. The Balaban J connectivity index is 1.92. The Labute approximate surface area is 95.2 Å². The van der Waals surface area contributed by atoms with Gasteiger partial charge >= 0.3 is 0 Å². The lowest BCUT2D eigenvalue weighted by atomic mass is 10.0. The van der Waals surface area contributed by atoms with Crippen LogP contribution in [0.25, 0.3) is 0 Å². The lowest BCUT2D eigenvalue weighted by Gasteiger charge is -2.21. The van der Waals surface area contributed by atoms with Crippen molar-refractivity contribution in [2.45, 2.75) is 38.0 Å². The van der Waals surface area contributed by atoms with Crippen molar-refractivity contribution < 1.29 is 4.74 Å². The van der Waals surface area contributed by atoms with Gasteiger partial charge in [0, 0.05) is 23.8 Å². The van der Waals surface area contributed by atoms with E-state index >= 15 is 0 Å². The summed E-state index contributed by atoms with van der Waals surface area (Å²) in [6.45, 7) is 1.62. The first-order valence-corrected chi connectivity index (χ1v) is 6.07. The Morgan fingerprint density at radius 1 is 1.19 bits per heavy atom. The minimum atomic E-state index is 0.349. The molecule has 4 nitrogen and oxygen atoms in total. The van der Waals surface area contributed by atoms with E-state index < -0.39 is 0 Å². The summed E-state index contributed by atoms with van der Waals surface area (Å²) in [6.07, 6.45) is 5.49. The first-order valence-electron chi connectivity index (χ1n) is 6.07. The molecule has 16 heavy (non-hydrogen) atoms. The van der Waals surface area contributed by atoms with Crippen LogP contribution < -0.4 is 5.73 Å². The third-order valence-electron chi connectivity index (χ3n) is 3.51. The molecule has 2 N–H and O–H groups in total. The molecule has 3 rings (SSSR count). The highest BCUT2D eigenvalue weighted by molar-refractivity contribution is 5.45. The van der Waals surface area contributed by atoms with Gasteiger partial charge in [-0.15, -0.1) is 0 Å². The van der Waals surface area contributed by atoms with Crippen LogP contribution in [0.4, 0.5) is 5.82 Å². The van der Waals surface area contributed by atoms with Gasteiger partial charge in [0.2, 0.25) is 0 Å². The zero-order valence-electron chi connectivity index (χ0n) is 9.41. The fourth-order valence-electron chi connectivity index (χ4n) is 2.61. The van der Waals surface area contributed by atoms with E-state index in [1.54, 1.807) is 0 Å². The maximum Gasteiger partial charge on any atom is 0.136 e. The smallest absolute Gasteiger partial charge is 0.136 e. The Morgan fingerprint density at radius 3 is 2.94 bits per heavy atom. The zero-order valence-corrected chi connectivity index (χ0v) is 9.41. The molecule has 0 amide bonds. The van der Waals surface area contributed by atoms with Gasteiger partial charge in [-0.3, -0.25) is 0 Å². The Kier molecular flexibility index (Phi) is 2.52. The van der Waals surface area contributed by atoms with Crippen molar-refractivity contribution in [2.75, 3.05) is 18.9 Å². The topological polar surface area (TPSA) is 61.0 Å². The summed E-state index contributed by atoms with van der Waals surface area (Å²) >= 11 is 0. The van der Waals surface area contributed by atoms with Crippen LogP contribution in [-0.2, 0) is 17.6 Å². The van der Waals surface area contributed by atoms with Crippen LogP contribution in [0.3, 0.4) is 0 Å². The molecule has 0 spiro atoms. The van der Waals surface area contributed by atoms with Crippen molar-refractivity contribution in [3.63, 3.8) is 0 Å². The largest absolute Gasteiger partial charge is 0.383 e. The van der Waals surface area contributed by atoms with E-state index in [2.05, 4.69) is 9.97 Å². The van der Waals surface area contributed by atoms with E-state index in [1.807, 2.05) is 0 Å². The molecule has 4 heteroatoms. The van der Waals surface area contributed by atoms with Crippen molar-refractivity contribution in [2.24, 2.45) is 0 Å². The van der Waals surface area contributed by atoms with Gasteiger partial charge in [0.15, 0.2) is 0 Å². The molecule has 2 heterocycles. The predicted octanol–water partition coefficient (Wildman–Crippen LogP) is 1.44. The number of nitrogens with two attached hydrogens (primary N) is 1. The van der Waals surface area contributed by atoms with Crippen molar-refractivity contribution in [3.8, 4) is 0 Å². The fraction of sp³-hybridized carbons (Fsp3) is 0.667. The number of aryl methyl sites for hydroxylation is 1. The molecule has 86 valence electrons. The summed E-state index contributed by atoms with van der Waals surface area (Å²) in [5.74, 6) is 1.95. The van der Waals surface area contributed by atoms with Crippen molar-refractivity contribution in [1.82, 2.24) is 9.97 Å². The molecule has 1 aromatic rings. The summed E-state index contributed by atoms with van der Waals surface area (Å²) < 4.78 is 5.47. The number of rotatable bonds is 1. The van der Waals surface area contributed by atoms with E-state index in [9.17, 15) is 0 Å². The van der Waals surface area contributed by atoms with Crippen molar-refractivity contribution in [3.05, 3.63) is 17.1 Å². The first kappa shape index (κ1) is 10.0. The van der Waals surface area contributed by atoms with Crippen LogP contribution in [0.5, 0.6) is 0 Å². The van der Waals surface area contributed by atoms with Crippen molar-refractivity contribution >= 4 is 5.82 Å². The summed E-state index contributed by atoms with van der Waals surface area (Å²) in [7, 11) is 0. The normalized spacial score (nSPS) is 24.4. The molecule has 1 unspecified atom stereocenters. The molecule has 1 aliphatic carbocycles. The van der Waals surface area contributed by atoms with Gasteiger partial charge in [0.05, 0.1) is 6.61 Å². The molecule has 0 aromatic carbocycles. The highest BCUT2D eigenvalue weighted by Crippen LogP contribution is 2.29. The van der Waals surface area contributed by atoms with Crippen LogP contribution >= 0.6 is 0 Å². The number of hydrogen-bond donors (Lipinski definition) is 1. The third kappa shape index (κ3) is 1.67. The van der Waals surface area contributed by atoms with E-state index in [0.29, 0.717) is 11.7 Å². The molecule has 1 atom stereocenters. The predicted molar refractivity (Wildman–Crippen MR) is 61.3 cm³/mol. The van der Waals surface area contributed by atoms with Gasteiger partial charge in [-0.25, -0.2) is 9.97 Å². The van der Waals surface area contributed by atoms with Crippen molar-refractivity contribution in [1.29, 1.82) is 0 Å². The van der Waals surface area contributed by atoms with Crippen LogP contribution in [0.1, 0.15) is 42.3 Å². The van der Waals surface area contributed by atoms with E-state index in [4.69, 9.17) is 10.5 Å². The van der Waals surface area contributed by atoms with E-state index in [-0.39, 0.29) is 0 Å². The quantitative estimate of drug-likeness (QED) is 0.776. The molecular formula is C12H17N3O. The number of hydrogen-bond acceptors (Lipinski definition) is 4. The SMILES string of the molecule is Nc1nc(C2CCCOC2)nc2c1CCC2. The molecular weight excluding hydrogens is 202 g/mol.